The maximum Gasteiger partial charge on any atom is 0.341 e. The SMILES string of the molecule is CCCOC(=O)c1c(NC(=O)C2C3C=CC(C3)C2C(=O)O)sc2c1CCCC2. The minimum Gasteiger partial charge on any atom is -0.481 e. The summed E-state index contributed by atoms with van der Waals surface area (Å²) in [5.41, 5.74) is 1.47. The van der Waals surface area contributed by atoms with Crippen LogP contribution in [0.1, 0.15) is 53.4 Å². The summed E-state index contributed by atoms with van der Waals surface area (Å²) in [5, 5.41) is 13.0. The fourth-order valence-electron chi connectivity index (χ4n) is 4.85. The lowest BCUT2D eigenvalue weighted by atomic mass is 9.82. The van der Waals surface area contributed by atoms with E-state index in [9.17, 15) is 19.5 Å². The Labute approximate surface area is 168 Å². The number of aryl methyl sites for hydroxylation is 1. The normalized spacial score (nSPS) is 27.5. The van der Waals surface area contributed by atoms with Crippen LogP contribution < -0.4 is 5.32 Å². The van der Waals surface area contributed by atoms with E-state index in [0.717, 1.165) is 42.5 Å². The third-order valence-corrected chi connectivity index (χ3v) is 7.30. The largest absolute Gasteiger partial charge is 0.481 e. The van der Waals surface area contributed by atoms with Gasteiger partial charge in [0.25, 0.3) is 0 Å². The molecule has 0 aromatic carbocycles. The molecule has 1 heterocycles. The van der Waals surface area contributed by atoms with Crippen molar-refractivity contribution in [1.82, 2.24) is 0 Å². The number of hydrogen-bond acceptors (Lipinski definition) is 5. The summed E-state index contributed by atoms with van der Waals surface area (Å²) >= 11 is 1.44. The molecule has 6 nitrogen and oxygen atoms in total. The van der Waals surface area contributed by atoms with Crippen molar-refractivity contribution >= 4 is 34.2 Å². The van der Waals surface area contributed by atoms with Crippen molar-refractivity contribution in [2.75, 3.05) is 11.9 Å². The van der Waals surface area contributed by atoms with Crippen molar-refractivity contribution in [2.45, 2.75) is 45.4 Å². The number of carbonyl (C=O) groups is 3. The molecule has 1 amide bonds. The molecule has 4 rings (SSSR count). The highest BCUT2D eigenvalue weighted by atomic mass is 32.1. The molecule has 28 heavy (non-hydrogen) atoms. The molecular weight excluding hydrogens is 378 g/mol. The second-order valence-electron chi connectivity index (χ2n) is 7.88. The maximum atomic E-state index is 13.1. The van der Waals surface area contributed by atoms with Gasteiger partial charge in [-0.15, -0.1) is 11.3 Å². The standard InChI is InChI=1S/C21H25NO5S/c1-2-9-27-21(26)17-13-5-3-4-6-14(13)28-19(17)22-18(23)15-11-7-8-12(10-11)16(15)20(24)25/h7-8,11-12,15-16H,2-6,9-10H2,1H3,(H,22,23)(H,24,25). The Morgan fingerprint density at radius 1 is 1.18 bits per heavy atom. The van der Waals surface area contributed by atoms with Crippen LogP contribution in [0.2, 0.25) is 0 Å². The number of allylic oxidation sites excluding steroid dienone is 2. The second kappa shape index (κ2) is 7.70. The Bertz CT molecular complexity index is 842. The molecule has 0 radical (unpaired) electrons. The molecule has 0 aliphatic heterocycles. The highest BCUT2D eigenvalue weighted by Crippen LogP contribution is 2.49. The summed E-state index contributed by atoms with van der Waals surface area (Å²) in [5.74, 6) is -3.03. The van der Waals surface area contributed by atoms with Crippen molar-refractivity contribution in [3.05, 3.63) is 28.2 Å². The van der Waals surface area contributed by atoms with E-state index in [1.807, 2.05) is 19.1 Å². The van der Waals surface area contributed by atoms with Crippen LogP contribution in [0.4, 0.5) is 5.00 Å². The molecule has 1 saturated carbocycles. The highest BCUT2D eigenvalue weighted by Gasteiger charge is 2.51. The van der Waals surface area contributed by atoms with Gasteiger partial charge in [0.2, 0.25) is 5.91 Å². The zero-order chi connectivity index (χ0) is 19.8. The predicted molar refractivity (Wildman–Crippen MR) is 106 cm³/mol. The van der Waals surface area contributed by atoms with Gasteiger partial charge in [0.15, 0.2) is 0 Å². The van der Waals surface area contributed by atoms with Crippen LogP contribution in [-0.2, 0) is 27.2 Å². The predicted octanol–water partition coefficient (Wildman–Crippen LogP) is 3.66. The summed E-state index contributed by atoms with van der Waals surface area (Å²) in [6, 6.07) is 0. The van der Waals surface area contributed by atoms with Crippen LogP contribution >= 0.6 is 11.3 Å². The Kier molecular flexibility index (Phi) is 5.27. The van der Waals surface area contributed by atoms with Crippen LogP contribution in [0.3, 0.4) is 0 Å². The lowest BCUT2D eigenvalue weighted by Gasteiger charge is -2.23. The number of anilines is 1. The zero-order valence-corrected chi connectivity index (χ0v) is 16.7. The molecule has 0 spiro atoms. The third-order valence-electron chi connectivity index (χ3n) is 6.10. The number of amides is 1. The van der Waals surface area contributed by atoms with Crippen molar-refractivity contribution < 1.29 is 24.2 Å². The Morgan fingerprint density at radius 3 is 2.61 bits per heavy atom. The second-order valence-corrected chi connectivity index (χ2v) is 8.98. The van der Waals surface area contributed by atoms with E-state index >= 15 is 0 Å². The molecule has 1 aromatic rings. The summed E-state index contributed by atoms with van der Waals surface area (Å²) in [6.07, 6.45) is 9.13. The number of esters is 1. The van der Waals surface area contributed by atoms with Crippen molar-refractivity contribution in [3.8, 4) is 0 Å². The van der Waals surface area contributed by atoms with Gasteiger partial charge in [-0.1, -0.05) is 19.1 Å². The minimum absolute atomic E-state index is 0.0452. The molecular formula is C21H25NO5S. The number of thiophene rings is 1. The smallest absolute Gasteiger partial charge is 0.341 e. The van der Waals surface area contributed by atoms with E-state index in [1.165, 1.54) is 11.3 Å². The topological polar surface area (TPSA) is 92.7 Å². The number of aliphatic carboxylic acids is 1. The van der Waals surface area contributed by atoms with Gasteiger partial charge in [-0.2, -0.15) is 0 Å². The molecule has 1 fully saturated rings. The number of fused-ring (bicyclic) bond motifs is 3. The van der Waals surface area contributed by atoms with Gasteiger partial charge in [-0.3, -0.25) is 9.59 Å². The number of ether oxygens (including phenoxy) is 1. The maximum absolute atomic E-state index is 13.1. The van der Waals surface area contributed by atoms with Crippen LogP contribution in [0.25, 0.3) is 0 Å². The molecule has 150 valence electrons. The number of hydrogen-bond donors (Lipinski definition) is 2. The van der Waals surface area contributed by atoms with Gasteiger partial charge < -0.3 is 15.2 Å². The molecule has 0 saturated heterocycles. The first kappa shape index (κ1) is 19.2. The molecule has 4 unspecified atom stereocenters. The zero-order valence-electron chi connectivity index (χ0n) is 15.9. The van der Waals surface area contributed by atoms with Crippen molar-refractivity contribution in [2.24, 2.45) is 23.7 Å². The first-order chi connectivity index (χ1) is 13.5. The molecule has 4 atom stereocenters. The van der Waals surface area contributed by atoms with Crippen LogP contribution in [0.15, 0.2) is 12.2 Å². The van der Waals surface area contributed by atoms with Gasteiger partial charge in [0.1, 0.15) is 5.00 Å². The van der Waals surface area contributed by atoms with Gasteiger partial charge >= 0.3 is 11.9 Å². The Morgan fingerprint density at radius 2 is 1.89 bits per heavy atom. The monoisotopic (exact) mass is 403 g/mol. The van der Waals surface area contributed by atoms with Gasteiger partial charge in [0.05, 0.1) is 24.0 Å². The molecule has 2 N–H and O–H groups in total. The highest BCUT2D eigenvalue weighted by molar-refractivity contribution is 7.17. The van der Waals surface area contributed by atoms with Crippen molar-refractivity contribution in [3.63, 3.8) is 0 Å². The molecule has 1 aromatic heterocycles. The molecule has 3 aliphatic carbocycles. The van der Waals surface area contributed by atoms with E-state index in [1.54, 1.807) is 0 Å². The van der Waals surface area contributed by atoms with Crippen LogP contribution in [-0.4, -0.2) is 29.6 Å². The number of rotatable bonds is 6. The van der Waals surface area contributed by atoms with E-state index < -0.39 is 17.8 Å². The average molecular weight is 404 g/mol. The van der Waals surface area contributed by atoms with Gasteiger partial charge in [-0.05, 0) is 55.9 Å². The number of carbonyl (C=O) groups excluding carboxylic acids is 2. The lowest BCUT2D eigenvalue weighted by Crippen LogP contribution is -2.36. The van der Waals surface area contributed by atoms with E-state index in [-0.39, 0.29) is 23.7 Å². The number of carboxylic acids is 1. The molecule has 7 heteroatoms. The fourth-order valence-corrected chi connectivity index (χ4v) is 6.13. The molecule has 2 bridgehead atoms. The van der Waals surface area contributed by atoms with Crippen molar-refractivity contribution in [1.29, 1.82) is 0 Å². The first-order valence-electron chi connectivity index (χ1n) is 10.0. The Balaban J connectivity index is 1.61. The van der Waals surface area contributed by atoms with E-state index in [2.05, 4.69) is 5.32 Å². The first-order valence-corrected chi connectivity index (χ1v) is 10.9. The van der Waals surface area contributed by atoms with E-state index in [4.69, 9.17) is 4.74 Å². The summed E-state index contributed by atoms with van der Waals surface area (Å²) in [4.78, 5) is 38.6. The third kappa shape index (κ3) is 3.26. The van der Waals surface area contributed by atoms with Crippen LogP contribution in [0.5, 0.6) is 0 Å². The van der Waals surface area contributed by atoms with Crippen LogP contribution in [0, 0.1) is 23.7 Å². The van der Waals surface area contributed by atoms with E-state index in [0.29, 0.717) is 23.6 Å². The van der Waals surface area contributed by atoms with Gasteiger partial charge in [0, 0.05) is 4.88 Å². The lowest BCUT2D eigenvalue weighted by molar-refractivity contribution is -0.146. The average Bonchev–Trinajstić information content (AvgIpc) is 3.37. The minimum atomic E-state index is -0.926. The fraction of sp³-hybridized carbons (Fsp3) is 0.571. The summed E-state index contributed by atoms with van der Waals surface area (Å²) in [7, 11) is 0. The number of nitrogens with one attached hydrogen (secondary N) is 1. The molecule has 3 aliphatic rings. The number of carboxylic acid groups (broad SMARTS) is 1. The summed E-state index contributed by atoms with van der Waals surface area (Å²) in [6.45, 7) is 2.28. The van der Waals surface area contributed by atoms with Gasteiger partial charge in [-0.25, -0.2) is 4.79 Å². The Hall–Kier alpha value is -2.15. The quantitative estimate of drug-likeness (QED) is 0.559. The summed E-state index contributed by atoms with van der Waals surface area (Å²) < 4.78 is 5.37.